The van der Waals surface area contributed by atoms with Crippen LogP contribution in [-0.4, -0.2) is 44.4 Å². The van der Waals surface area contributed by atoms with Gasteiger partial charge in [0, 0.05) is 17.7 Å². The first-order valence-corrected chi connectivity index (χ1v) is 11.2. The first-order valence-electron chi connectivity index (χ1n) is 11.2. The molecule has 0 saturated heterocycles. The van der Waals surface area contributed by atoms with E-state index in [9.17, 15) is 14.9 Å². The van der Waals surface area contributed by atoms with Crippen molar-refractivity contribution in [3.05, 3.63) is 53.6 Å². The van der Waals surface area contributed by atoms with Crippen LogP contribution in [0.2, 0.25) is 0 Å². The first kappa shape index (κ1) is 23.9. The Labute approximate surface area is 201 Å². The van der Waals surface area contributed by atoms with Gasteiger partial charge >= 0.3 is 11.9 Å². The molecule has 3 aromatic rings. The molecule has 10 heteroatoms. The summed E-state index contributed by atoms with van der Waals surface area (Å²) in [5, 5.41) is 34.3. The maximum atomic E-state index is 11.2. The fourth-order valence-corrected chi connectivity index (χ4v) is 3.93. The van der Waals surface area contributed by atoms with Crippen molar-refractivity contribution < 1.29 is 29.1 Å². The zero-order valence-corrected chi connectivity index (χ0v) is 18.8. The second kappa shape index (κ2) is 10.8. The summed E-state index contributed by atoms with van der Waals surface area (Å²) >= 11 is 0. The number of aromatic nitrogens is 2. The highest BCUT2D eigenvalue weighted by atomic mass is 16.5. The van der Waals surface area contributed by atoms with Crippen molar-refractivity contribution in [3.63, 3.8) is 0 Å². The Morgan fingerprint density at radius 2 is 1.86 bits per heavy atom. The van der Waals surface area contributed by atoms with Crippen LogP contribution in [0, 0.1) is 11.3 Å². The molecule has 1 heterocycles. The smallest absolute Gasteiger partial charge is 0.321 e. The summed E-state index contributed by atoms with van der Waals surface area (Å²) in [6.07, 6.45) is 3.91. The first-order chi connectivity index (χ1) is 16.9. The van der Waals surface area contributed by atoms with E-state index in [0.29, 0.717) is 28.3 Å². The molecule has 10 nitrogen and oxygen atoms in total. The van der Waals surface area contributed by atoms with Crippen molar-refractivity contribution in [2.24, 2.45) is 0 Å². The van der Waals surface area contributed by atoms with E-state index in [1.165, 1.54) is 0 Å². The van der Waals surface area contributed by atoms with Gasteiger partial charge in [0.05, 0.1) is 18.1 Å². The summed E-state index contributed by atoms with van der Waals surface area (Å²) in [6, 6.07) is 13.3. The molecule has 180 valence electrons. The minimum absolute atomic E-state index is 0.147. The lowest BCUT2D eigenvalue weighted by Gasteiger charge is -2.14. The van der Waals surface area contributed by atoms with E-state index < -0.39 is 24.4 Å². The Morgan fingerprint density at radius 3 is 2.51 bits per heavy atom. The van der Waals surface area contributed by atoms with Crippen molar-refractivity contribution in [2.75, 3.05) is 0 Å². The summed E-state index contributed by atoms with van der Waals surface area (Å²) < 4.78 is 11.4. The molecule has 2 aromatic carbocycles. The molecular weight excluding hydrogens is 452 g/mol. The zero-order valence-electron chi connectivity index (χ0n) is 18.8. The number of nitrogens with one attached hydrogen (secondary N) is 1. The third-order valence-corrected chi connectivity index (χ3v) is 5.81. The van der Waals surface area contributed by atoms with E-state index in [-0.39, 0.29) is 18.5 Å². The lowest BCUT2D eigenvalue weighted by molar-refractivity contribution is -0.146. The van der Waals surface area contributed by atoms with Gasteiger partial charge in [-0.3, -0.25) is 14.9 Å². The molecule has 0 bridgehead atoms. The highest BCUT2D eigenvalue weighted by molar-refractivity contribution is 5.80. The minimum atomic E-state index is -1.22. The predicted octanol–water partition coefficient (Wildman–Crippen LogP) is 3.61. The summed E-state index contributed by atoms with van der Waals surface area (Å²) in [7, 11) is 0. The van der Waals surface area contributed by atoms with Crippen molar-refractivity contribution in [2.45, 2.75) is 50.8 Å². The van der Waals surface area contributed by atoms with E-state index >= 15 is 0 Å². The van der Waals surface area contributed by atoms with Crippen molar-refractivity contribution in [1.29, 1.82) is 5.26 Å². The quantitative estimate of drug-likeness (QED) is 0.394. The summed E-state index contributed by atoms with van der Waals surface area (Å²) in [5.41, 5.74) is 2.47. The Morgan fingerprint density at radius 1 is 1.14 bits per heavy atom. The van der Waals surface area contributed by atoms with Gasteiger partial charge in [-0.25, -0.2) is 0 Å². The fourth-order valence-electron chi connectivity index (χ4n) is 3.93. The third-order valence-electron chi connectivity index (χ3n) is 5.81. The second-order valence-corrected chi connectivity index (χ2v) is 8.34. The molecule has 1 atom stereocenters. The zero-order chi connectivity index (χ0) is 24.8. The number of rotatable bonds is 10. The molecule has 1 aliphatic rings. The van der Waals surface area contributed by atoms with Gasteiger partial charge in [-0.2, -0.15) is 10.2 Å². The van der Waals surface area contributed by atoms with Crippen LogP contribution in [0.25, 0.3) is 22.8 Å². The number of hydrogen-bond donors (Lipinski definition) is 3. The maximum absolute atomic E-state index is 11.2. The summed E-state index contributed by atoms with van der Waals surface area (Å²) in [4.78, 5) is 26.4. The van der Waals surface area contributed by atoms with Crippen molar-refractivity contribution in [1.82, 2.24) is 15.5 Å². The standard InChI is InChI=1S/C25H24N4O6/c26-13-18-11-17(9-10-21(18)34-19-3-1-2-4-19)24-28-23(29-35-24)16-7-5-15(6-8-16)14-27-20(25(32)33)12-22(30)31/h5-11,19-20,27H,1-4,12,14H2,(H,30,31)(H,32,33)/t20-/m0/s1. The lowest BCUT2D eigenvalue weighted by Crippen LogP contribution is -2.38. The second-order valence-electron chi connectivity index (χ2n) is 8.34. The van der Waals surface area contributed by atoms with E-state index in [0.717, 1.165) is 31.2 Å². The molecule has 0 spiro atoms. The lowest BCUT2D eigenvalue weighted by atomic mass is 10.1. The number of carboxylic acids is 2. The van der Waals surface area contributed by atoms with Crippen LogP contribution in [0.5, 0.6) is 5.75 Å². The van der Waals surface area contributed by atoms with Crippen LogP contribution in [0.1, 0.15) is 43.2 Å². The largest absolute Gasteiger partial charge is 0.489 e. The molecule has 1 aromatic heterocycles. The molecule has 0 aliphatic heterocycles. The number of nitrogens with zero attached hydrogens (tertiary/aromatic N) is 3. The number of aliphatic carboxylic acids is 2. The molecule has 0 unspecified atom stereocenters. The normalized spacial score (nSPS) is 14.4. The summed E-state index contributed by atoms with van der Waals surface area (Å²) in [5.74, 6) is -1.22. The monoisotopic (exact) mass is 476 g/mol. The van der Waals surface area contributed by atoms with Gasteiger partial charge in [-0.05, 0) is 49.4 Å². The van der Waals surface area contributed by atoms with Gasteiger partial charge in [0.2, 0.25) is 5.82 Å². The Hall–Kier alpha value is -4.23. The van der Waals surface area contributed by atoms with Crippen LogP contribution in [-0.2, 0) is 16.1 Å². The molecule has 1 aliphatic carbocycles. The van der Waals surface area contributed by atoms with Crippen LogP contribution >= 0.6 is 0 Å². The van der Waals surface area contributed by atoms with Crippen molar-refractivity contribution in [3.8, 4) is 34.7 Å². The fraction of sp³-hybridized carbons (Fsp3) is 0.320. The molecule has 1 fully saturated rings. The SMILES string of the molecule is N#Cc1cc(-c2nc(-c3ccc(CN[C@@H](CC(=O)O)C(=O)O)cc3)no2)ccc1OC1CCCC1. The van der Waals surface area contributed by atoms with E-state index in [1.807, 2.05) is 0 Å². The Bertz CT molecular complexity index is 1240. The topological polar surface area (TPSA) is 159 Å². The average Bonchev–Trinajstić information content (AvgIpc) is 3.54. The number of carbonyl (C=O) groups is 2. The molecule has 0 amide bonds. The molecule has 35 heavy (non-hydrogen) atoms. The average molecular weight is 476 g/mol. The van der Waals surface area contributed by atoms with Gasteiger partial charge in [0.15, 0.2) is 0 Å². The van der Waals surface area contributed by atoms with Gasteiger partial charge in [0.25, 0.3) is 5.89 Å². The highest BCUT2D eigenvalue weighted by Gasteiger charge is 2.21. The number of ether oxygens (including phenoxy) is 1. The van der Waals surface area contributed by atoms with E-state index in [4.69, 9.17) is 19.5 Å². The molecule has 4 rings (SSSR count). The van der Waals surface area contributed by atoms with Crippen LogP contribution in [0.15, 0.2) is 47.0 Å². The van der Waals surface area contributed by atoms with Gasteiger partial charge < -0.3 is 19.5 Å². The molecular formula is C25H24N4O6. The van der Waals surface area contributed by atoms with Gasteiger partial charge in [0.1, 0.15) is 17.9 Å². The maximum Gasteiger partial charge on any atom is 0.321 e. The summed E-state index contributed by atoms with van der Waals surface area (Å²) in [6.45, 7) is 0.189. The number of carboxylic acid groups (broad SMARTS) is 2. The molecule has 1 saturated carbocycles. The van der Waals surface area contributed by atoms with E-state index in [1.54, 1.807) is 42.5 Å². The van der Waals surface area contributed by atoms with Crippen LogP contribution in [0.3, 0.4) is 0 Å². The third kappa shape index (κ3) is 6.02. The van der Waals surface area contributed by atoms with Crippen LogP contribution < -0.4 is 10.1 Å². The van der Waals surface area contributed by atoms with Gasteiger partial charge in [-0.15, -0.1) is 0 Å². The number of hydrogen-bond acceptors (Lipinski definition) is 8. The number of nitriles is 1. The Kier molecular flexibility index (Phi) is 7.38. The van der Waals surface area contributed by atoms with E-state index in [2.05, 4.69) is 21.5 Å². The Balaban J connectivity index is 1.43. The molecule has 0 radical (unpaired) electrons. The van der Waals surface area contributed by atoms with Crippen LogP contribution in [0.4, 0.5) is 0 Å². The van der Waals surface area contributed by atoms with Crippen molar-refractivity contribution >= 4 is 11.9 Å². The van der Waals surface area contributed by atoms with Gasteiger partial charge in [-0.1, -0.05) is 29.4 Å². The highest BCUT2D eigenvalue weighted by Crippen LogP contribution is 2.30. The molecule has 3 N–H and O–H groups in total. The minimum Gasteiger partial charge on any atom is -0.489 e. The number of benzene rings is 2. The predicted molar refractivity (Wildman–Crippen MR) is 123 cm³/mol.